The van der Waals surface area contributed by atoms with Gasteiger partial charge in [0.1, 0.15) is 5.75 Å². The van der Waals surface area contributed by atoms with Crippen molar-refractivity contribution in [3.8, 4) is 11.8 Å². The van der Waals surface area contributed by atoms with Crippen LogP contribution in [0.5, 0.6) is 5.75 Å². The monoisotopic (exact) mass is 259 g/mol. The molecule has 0 fully saturated rings. The lowest BCUT2D eigenvalue weighted by atomic mass is 10.2. The van der Waals surface area contributed by atoms with Gasteiger partial charge in [-0.05, 0) is 18.2 Å². The first kappa shape index (κ1) is 12.5. The Morgan fingerprint density at radius 2 is 2.39 bits per heavy atom. The molecule has 0 saturated heterocycles. The van der Waals surface area contributed by atoms with Gasteiger partial charge in [0.25, 0.3) is 0 Å². The summed E-state index contributed by atoms with van der Waals surface area (Å²) >= 11 is 1.64. The Kier molecular flexibility index (Phi) is 4.26. The highest BCUT2D eigenvalue weighted by Gasteiger charge is 2.00. The van der Waals surface area contributed by atoms with Crippen molar-refractivity contribution in [2.24, 2.45) is 7.05 Å². The second kappa shape index (κ2) is 6.12. The predicted octanol–water partition coefficient (Wildman–Crippen LogP) is 2.46. The third kappa shape index (κ3) is 3.28. The molecule has 0 aliphatic heterocycles. The van der Waals surface area contributed by atoms with Crippen molar-refractivity contribution in [2.75, 3.05) is 12.4 Å². The molecule has 1 heterocycles. The van der Waals surface area contributed by atoms with Crippen LogP contribution in [0.4, 0.5) is 0 Å². The van der Waals surface area contributed by atoms with Gasteiger partial charge in [0, 0.05) is 25.2 Å². The van der Waals surface area contributed by atoms with Crippen LogP contribution in [0.25, 0.3) is 0 Å². The normalized spacial score (nSPS) is 10.0. The maximum absolute atomic E-state index is 8.77. The standard InChI is InChI=1S/C13H13N3OS/c1-16-6-5-15-13(16)18-8-7-17-12-4-2-3-11(9-12)10-14/h2-6,9H,7-8H2,1H3. The fourth-order valence-corrected chi connectivity index (χ4v) is 2.19. The molecular weight excluding hydrogens is 246 g/mol. The van der Waals surface area contributed by atoms with E-state index in [0.29, 0.717) is 12.2 Å². The first-order valence-electron chi connectivity index (χ1n) is 5.52. The van der Waals surface area contributed by atoms with Gasteiger partial charge in [0.15, 0.2) is 5.16 Å². The molecular formula is C13H13N3OS. The van der Waals surface area contributed by atoms with Crippen LogP contribution in [0.2, 0.25) is 0 Å². The highest BCUT2D eigenvalue weighted by Crippen LogP contribution is 2.16. The van der Waals surface area contributed by atoms with E-state index in [4.69, 9.17) is 10.00 Å². The molecule has 0 saturated carbocycles. The summed E-state index contributed by atoms with van der Waals surface area (Å²) in [5, 5.41) is 9.74. The summed E-state index contributed by atoms with van der Waals surface area (Å²) in [6.07, 6.45) is 3.69. The van der Waals surface area contributed by atoms with Crippen LogP contribution in [-0.4, -0.2) is 21.9 Å². The molecule has 0 amide bonds. The van der Waals surface area contributed by atoms with E-state index < -0.39 is 0 Å². The van der Waals surface area contributed by atoms with E-state index in [-0.39, 0.29) is 0 Å². The number of nitriles is 1. The van der Waals surface area contributed by atoms with E-state index in [2.05, 4.69) is 11.1 Å². The summed E-state index contributed by atoms with van der Waals surface area (Å²) in [5.41, 5.74) is 0.615. The quantitative estimate of drug-likeness (QED) is 0.611. The van der Waals surface area contributed by atoms with Crippen molar-refractivity contribution in [3.63, 3.8) is 0 Å². The molecule has 5 heteroatoms. The van der Waals surface area contributed by atoms with Crippen LogP contribution in [0, 0.1) is 11.3 Å². The van der Waals surface area contributed by atoms with Crippen molar-refractivity contribution < 1.29 is 4.74 Å². The molecule has 0 radical (unpaired) electrons. The van der Waals surface area contributed by atoms with Crippen LogP contribution in [0.3, 0.4) is 0 Å². The Labute approximate surface area is 110 Å². The average molecular weight is 259 g/mol. The van der Waals surface area contributed by atoms with Crippen molar-refractivity contribution >= 4 is 11.8 Å². The lowest BCUT2D eigenvalue weighted by Gasteiger charge is -2.06. The first-order chi connectivity index (χ1) is 8.79. The van der Waals surface area contributed by atoms with Gasteiger partial charge in [0.2, 0.25) is 0 Å². The molecule has 0 N–H and O–H groups in total. The second-order valence-electron chi connectivity index (χ2n) is 3.66. The van der Waals surface area contributed by atoms with Gasteiger partial charge in [-0.25, -0.2) is 4.98 Å². The zero-order chi connectivity index (χ0) is 12.8. The number of benzene rings is 1. The number of thioether (sulfide) groups is 1. The number of rotatable bonds is 5. The number of hydrogen-bond acceptors (Lipinski definition) is 4. The van der Waals surface area contributed by atoms with Gasteiger partial charge >= 0.3 is 0 Å². The zero-order valence-electron chi connectivity index (χ0n) is 10.0. The number of nitrogens with zero attached hydrogens (tertiary/aromatic N) is 3. The summed E-state index contributed by atoms with van der Waals surface area (Å²) in [6.45, 7) is 0.590. The molecule has 18 heavy (non-hydrogen) atoms. The SMILES string of the molecule is Cn1ccnc1SCCOc1cccc(C#N)c1. The molecule has 1 aromatic carbocycles. The van der Waals surface area contributed by atoms with Crippen molar-refractivity contribution in [1.82, 2.24) is 9.55 Å². The van der Waals surface area contributed by atoms with Crippen LogP contribution in [-0.2, 0) is 7.05 Å². The lowest BCUT2D eigenvalue weighted by Crippen LogP contribution is -2.01. The van der Waals surface area contributed by atoms with E-state index >= 15 is 0 Å². The molecule has 4 nitrogen and oxygen atoms in total. The van der Waals surface area contributed by atoms with E-state index in [0.717, 1.165) is 16.7 Å². The second-order valence-corrected chi connectivity index (χ2v) is 4.72. The van der Waals surface area contributed by atoms with Gasteiger partial charge in [-0.15, -0.1) is 0 Å². The highest BCUT2D eigenvalue weighted by molar-refractivity contribution is 7.99. The predicted molar refractivity (Wildman–Crippen MR) is 70.6 cm³/mol. The Hall–Kier alpha value is -1.93. The molecule has 2 rings (SSSR count). The van der Waals surface area contributed by atoms with Gasteiger partial charge < -0.3 is 9.30 Å². The number of aromatic nitrogens is 2. The zero-order valence-corrected chi connectivity index (χ0v) is 10.9. The van der Waals surface area contributed by atoms with Gasteiger partial charge in [-0.1, -0.05) is 17.8 Å². The molecule has 0 unspecified atom stereocenters. The Balaban J connectivity index is 1.79. The fraction of sp³-hybridized carbons (Fsp3) is 0.231. The Morgan fingerprint density at radius 1 is 1.50 bits per heavy atom. The average Bonchev–Trinajstić information content (AvgIpc) is 2.81. The van der Waals surface area contributed by atoms with Gasteiger partial charge in [-0.3, -0.25) is 0 Å². The van der Waals surface area contributed by atoms with Crippen molar-refractivity contribution in [2.45, 2.75) is 5.16 Å². The Bertz CT molecular complexity index is 559. The lowest BCUT2D eigenvalue weighted by molar-refractivity contribution is 0.343. The summed E-state index contributed by atoms with van der Waals surface area (Å²) < 4.78 is 7.55. The van der Waals surface area contributed by atoms with E-state index in [1.807, 2.05) is 29.9 Å². The molecule has 0 atom stereocenters. The molecule has 1 aromatic heterocycles. The van der Waals surface area contributed by atoms with Gasteiger partial charge in [0.05, 0.1) is 18.2 Å². The van der Waals surface area contributed by atoms with Crippen LogP contribution >= 0.6 is 11.8 Å². The van der Waals surface area contributed by atoms with Gasteiger partial charge in [-0.2, -0.15) is 5.26 Å². The van der Waals surface area contributed by atoms with Crippen molar-refractivity contribution in [3.05, 3.63) is 42.2 Å². The van der Waals surface area contributed by atoms with E-state index in [9.17, 15) is 0 Å². The first-order valence-corrected chi connectivity index (χ1v) is 6.51. The van der Waals surface area contributed by atoms with Crippen molar-refractivity contribution in [1.29, 1.82) is 5.26 Å². The summed E-state index contributed by atoms with van der Waals surface area (Å²) in [5.74, 6) is 1.55. The number of aryl methyl sites for hydroxylation is 1. The molecule has 0 aliphatic carbocycles. The molecule has 0 spiro atoms. The third-order valence-electron chi connectivity index (χ3n) is 2.32. The highest BCUT2D eigenvalue weighted by atomic mass is 32.2. The van der Waals surface area contributed by atoms with E-state index in [1.165, 1.54) is 0 Å². The van der Waals surface area contributed by atoms with Crippen LogP contribution in [0.1, 0.15) is 5.56 Å². The number of hydrogen-bond donors (Lipinski definition) is 0. The largest absolute Gasteiger partial charge is 0.493 e. The molecule has 0 aliphatic rings. The van der Waals surface area contributed by atoms with E-state index in [1.54, 1.807) is 30.1 Å². The number of imidazole rings is 1. The minimum Gasteiger partial charge on any atom is -0.493 e. The summed E-state index contributed by atoms with van der Waals surface area (Å²) in [7, 11) is 1.96. The number of ether oxygens (including phenoxy) is 1. The summed E-state index contributed by atoms with van der Waals surface area (Å²) in [6, 6.07) is 9.26. The molecule has 2 aromatic rings. The van der Waals surface area contributed by atoms with Crippen LogP contribution < -0.4 is 4.74 Å². The smallest absolute Gasteiger partial charge is 0.167 e. The maximum Gasteiger partial charge on any atom is 0.167 e. The minimum absolute atomic E-state index is 0.590. The molecule has 0 bridgehead atoms. The minimum atomic E-state index is 0.590. The Morgan fingerprint density at radius 3 is 3.11 bits per heavy atom. The fourth-order valence-electron chi connectivity index (χ4n) is 1.44. The summed E-state index contributed by atoms with van der Waals surface area (Å²) in [4.78, 5) is 4.22. The maximum atomic E-state index is 8.77. The topological polar surface area (TPSA) is 50.8 Å². The van der Waals surface area contributed by atoms with Crippen LogP contribution in [0.15, 0.2) is 41.8 Å². The third-order valence-corrected chi connectivity index (χ3v) is 3.35. The molecule has 92 valence electrons.